The molecule has 0 aliphatic carbocycles. The van der Waals surface area contributed by atoms with E-state index in [2.05, 4.69) is 4.98 Å². The van der Waals surface area contributed by atoms with Crippen LogP contribution in [0.5, 0.6) is 11.5 Å². The second-order valence-electron chi connectivity index (χ2n) is 5.14. The van der Waals surface area contributed by atoms with Crippen LogP contribution in [0.25, 0.3) is 0 Å². The van der Waals surface area contributed by atoms with Gasteiger partial charge in [-0.25, -0.2) is 0 Å². The predicted molar refractivity (Wildman–Crippen MR) is 90.0 cm³/mol. The molecule has 1 aromatic carbocycles. The Hall–Kier alpha value is -2.12. The largest absolute Gasteiger partial charge is 0.489 e. The minimum absolute atomic E-state index is 0.0203. The first kappa shape index (κ1) is 18.2. The van der Waals surface area contributed by atoms with Gasteiger partial charge in [0.1, 0.15) is 29.6 Å². The van der Waals surface area contributed by atoms with E-state index in [9.17, 15) is 8.42 Å². The standard InChI is InChI=1S/C17H21NO5S/c1-4-23-24(19,20)17-8-5-13(2)11-16(17)22-10-9-21-15-7-6-14(3)18-12-15/h5-8,11-12H,4,9-10H2,1-3H3. The minimum atomic E-state index is -3.83. The molecule has 1 heterocycles. The maximum Gasteiger partial charge on any atom is 0.300 e. The summed E-state index contributed by atoms with van der Waals surface area (Å²) >= 11 is 0. The number of rotatable bonds is 8. The lowest BCUT2D eigenvalue weighted by molar-refractivity contribution is 0.212. The summed E-state index contributed by atoms with van der Waals surface area (Å²) in [6, 6.07) is 8.52. The zero-order valence-corrected chi connectivity index (χ0v) is 14.8. The van der Waals surface area contributed by atoms with Crippen LogP contribution >= 0.6 is 0 Å². The van der Waals surface area contributed by atoms with Crippen molar-refractivity contribution in [1.82, 2.24) is 4.98 Å². The number of pyridine rings is 1. The van der Waals surface area contributed by atoms with Gasteiger partial charge in [-0.2, -0.15) is 8.42 Å². The molecule has 0 spiro atoms. The molecule has 0 saturated carbocycles. The van der Waals surface area contributed by atoms with Crippen LogP contribution in [0.3, 0.4) is 0 Å². The summed E-state index contributed by atoms with van der Waals surface area (Å²) in [5.41, 5.74) is 1.80. The second kappa shape index (κ2) is 8.12. The van der Waals surface area contributed by atoms with E-state index in [-0.39, 0.29) is 30.5 Å². The average molecular weight is 351 g/mol. The number of hydrogen-bond acceptors (Lipinski definition) is 6. The Kier molecular flexibility index (Phi) is 6.16. The first-order chi connectivity index (χ1) is 11.4. The summed E-state index contributed by atoms with van der Waals surface area (Å²) < 4.78 is 40.2. The van der Waals surface area contributed by atoms with E-state index in [0.717, 1.165) is 11.3 Å². The highest BCUT2D eigenvalue weighted by atomic mass is 32.2. The molecule has 6 nitrogen and oxygen atoms in total. The lowest BCUT2D eigenvalue weighted by Crippen LogP contribution is -2.13. The van der Waals surface area contributed by atoms with Crippen LogP contribution in [0.2, 0.25) is 0 Å². The van der Waals surface area contributed by atoms with Crippen LogP contribution < -0.4 is 9.47 Å². The molecule has 0 radical (unpaired) electrons. The molecule has 0 unspecified atom stereocenters. The highest BCUT2D eigenvalue weighted by molar-refractivity contribution is 7.86. The summed E-state index contributed by atoms with van der Waals surface area (Å²) in [5, 5.41) is 0. The van der Waals surface area contributed by atoms with Crippen LogP contribution in [0.15, 0.2) is 41.4 Å². The van der Waals surface area contributed by atoms with Gasteiger partial charge in [0.2, 0.25) is 0 Å². The number of hydrogen-bond donors (Lipinski definition) is 0. The van der Waals surface area contributed by atoms with Crippen molar-refractivity contribution >= 4 is 10.1 Å². The zero-order valence-electron chi connectivity index (χ0n) is 14.0. The van der Waals surface area contributed by atoms with Gasteiger partial charge in [0.05, 0.1) is 12.8 Å². The Bertz CT molecular complexity index is 772. The van der Waals surface area contributed by atoms with Crippen molar-refractivity contribution in [1.29, 1.82) is 0 Å². The van der Waals surface area contributed by atoms with Crippen molar-refractivity contribution in [3.05, 3.63) is 47.8 Å². The SMILES string of the molecule is CCOS(=O)(=O)c1ccc(C)cc1OCCOc1ccc(C)nc1. The van der Waals surface area contributed by atoms with E-state index in [0.29, 0.717) is 5.75 Å². The molecule has 1 aromatic heterocycles. The molecule has 0 N–H and O–H groups in total. The molecule has 24 heavy (non-hydrogen) atoms. The molecule has 0 bridgehead atoms. The quantitative estimate of drug-likeness (QED) is 0.538. The summed E-state index contributed by atoms with van der Waals surface area (Å²) in [7, 11) is -3.83. The summed E-state index contributed by atoms with van der Waals surface area (Å²) in [6.45, 7) is 5.91. The van der Waals surface area contributed by atoms with Gasteiger partial charge in [-0.3, -0.25) is 9.17 Å². The van der Waals surface area contributed by atoms with Gasteiger partial charge in [-0.15, -0.1) is 0 Å². The summed E-state index contributed by atoms with van der Waals surface area (Å²) in [6.07, 6.45) is 1.63. The molecule has 0 amide bonds. The van der Waals surface area contributed by atoms with Crippen LogP contribution in [0, 0.1) is 13.8 Å². The van der Waals surface area contributed by atoms with E-state index in [1.165, 1.54) is 6.07 Å². The number of nitrogens with zero attached hydrogens (tertiary/aromatic N) is 1. The van der Waals surface area contributed by atoms with E-state index in [1.807, 2.05) is 26.0 Å². The molecular formula is C17H21NO5S. The average Bonchev–Trinajstić information content (AvgIpc) is 2.53. The molecule has 0 aliphatic rings. The van der Waals surface area contributed by atoms with Gasteiger partial charge in [-0.05, 0) is 50.6 Å². The molecule has 130 valence electrons. The topological polar surface area (TPSA) is 74.7 Å². The van der Waals surface area contributed by atoms with Crippen LogP contribution in [0.4, 0.5) is 0 Å². The Balaban J connectivity index is 2.01. The van der Waals surface area contributed by atoms with Crippen molar-refractivity contribution in [2.45, 2.75) is 25.7 Å². The fourth-order valence-electron chi connectivity index (χ4n) is 2.00. The third-order valence-corrected chi connectivity index (χ3v) is 4.56. The maximum atomic E-state index is 12.1. The monoisotopic (exact) mass is 351 g/mol. The van der Waals surface area contributed by atoms with Crippen molar-refractivity contribution in [2.24, 2.45) is 0 Å². The van der Waals surface area contributed by atoms with Gasteiger partial charge in [0.15, 0.2) is 0 Å². The van der Waals surface area contributed by atoms with Gasteiger partial charge in [0.25, 0.3) is 0 Å². The van der Waals surface area contributed by atoms with Crippen molar-refractivity contribution in [3.63, 3.8) is 0 Å². The third-order valence-electron chi connectivity index (χ3n) is 3.14. The zero-order chi connectivity index (χ0) is 17.6. The number of aryl methyl sites for hydroxylation is 2. The summed E-state index contributed by atoms with van der Waals surface area (Å²) in [4.78, 5) is 4.15. The van der Waals surface area contributed by atoms with Crippen molar-refractivity contribution in [2.75, 3.05) is 19.8 Å². The lowest BCUT2D eigenvalue weighted by Gasteiger charge is -2.13. The van der Waals surface area contributed by atoms with Crippen molar-refractivity contribution < 1.29 is 22.1 Å². The predicted octanol–water partition coefficient (Wildman–Crippen LogP) is 2.88. The molecule has 2 aromatic rings. The van der Waals surface area contributed by atoms with Crippen LogP contribution in [0.1, 0.15) is 18.2 Å². The normalized spacial score (nSPS) is 11.3. The smallest absolute Gasteiger partial charge is 0.300 e. The van der Waals surface area contributed by atoms with Gasteiger partial charge in [-0.1, -0.05) is 6.07 Å². The highest BCUT2D eigenvalue weighted by Crippen LogP contribution is 2.26. The fourth-order valence-corrected chi connectivity index (χ4v) is 3.04. The Labute approximate surface area is 142 Å². The molecule has 0 fully saturated rings. The number of aromatic nitrogens is 1. The van der Waals surface area contributed by atoms with Gasteiger partial charge in [0, 0.05) is 5.69 Å². The number of ether oxygens (including phenoxy) is 2. The Morgan fingerprint density at radius 1 is 1.04 bits per heavy atom. The van der Waals surface area contributed by atoms with E-state index in [4.69, 9.17) is 13.7 Å². The van der Waals surface area contributed by atoms with Crippen molar-refractivity contribution in [3.8, 4) is 11.5 Å². The molecule has 0 atom stereocenters. The summed E-state index contributed by atoms with van der Waals surface area (Å²) in [5.74, 6) is 0.893. The minimum Gasteiger partial charge on any atom is -0.489 e. The maximum absolute atomic E-state index is 12.1. The van der Waals surface area contributed by atoms with E-state index < -0.39 is 10.1 Å². The first-order valence-corrected chi connectivity index (χ1v) is 9.01. The van der Waals surface area contributed by atoms with Crippen LogP contribution in [-0.4, -0.2) is 33.2 Å². The Morgan fingerprint density at radius 2 is 1.79 bits per heavy atom. The second-order valence-corrected chi connectivity index (χ2v) is 6.73. The fraction of sp³-hybridized carbons (Fsp3) is 0.353. The highest BCUT2D eigenvalue weighted by Gasteiger charge is 2.20. The molecule has 0 aliphatic heterocycles. The van der Waals surface area contributed by atoms with Crippen LogP contribution in [-0.2, 0) is 14.3 Å². The lowest BCUT2D eigenvalue weighted by atomic mass is 10.2. The third kappa shape index (κ3) is 4.94. The van der Waals surface area contributed by atoms with E-state index >= 15 is 0 Å². The Morgan fingerprint density at radius 3 is 2.46 bits per heavy atom. The molecular weight excluding hydrogens is 330 g/mol. The molecule has 0 saturated heterocycles. The van der Waals surface area contributed by atoms with E-state index in [1.54, 1.807) is 25.3 Å². The molecule has 7 heteroatoms. The van der Waals surface area contributed by atoms with Gasteiger partial charge >= 0.3 is 10.1 Å². The number of benzene rings is 1. The van der Waals surface area contributed by atoms with Gasteiger partial charge < -0.3 is 9.47 Å². The first-order valence-electron chi connectivity index (χ1n) is 7.60. The molecule has 2 rings (SSSR count).